The predicted molar refractivity (Wildman–Crippen MR) is 70.2 cm³/mol. The summed E-state index contributed by atoms with van der Waals surface area (Å²) < 4.78 is 0. The third-order valence-electron chi connectivity index (χ3n) is 2.40. The molecule has 0 radical (unpaired) electrons. The molecule has 5 nitrogen and oxygen atoms in total. The van der Waals surface area contributed by atoms with Crippen molar-refractivity contribution in [3.63, 3.8) is 0 Å². The highest BCUT2D eigenvalue weighted by atomic mass is 32.1. The minimum atomic E-state index is -0.738. The molecule has 0 aromatic heterocycles. The van der Waals surface area contributed by atoms with E-state index >= 15 is 0 Å². The minimum Gasteiger partial charge on any atom is -0.481 e. The van der Waals surface area contributed by atoms with Gasteiger partial charge in [0.2, 0.25) is 5.91 Å². The molecule has 1 unspecified atom stereocenters. The summed E-state index contributed by atoms with van der Waals surface area (Å²) in [7, 11) is 0. The Kier molecular flexibility index (Phi) is 9.95. The van der Waals surface area contributed by atoms with Crippen molar-refractivity contribution in [2.45, 2.75) is 44.6 Å². The first-order chi connectivity index (χ1) is 8.07. The monoisotopic (exact) mass is 262 g/mol. The molecule has 0 aliphatic heterocycles. The summed E-state index contributed by atoms with van der Waals surface area (Å²) in [4.78, 5) is 21.5. The number of carboxylic acid groups (broad SMARTS) is 1. The Morgan fingerprint density at radius 2 is 1.76 bits per heavy atom. The van der Waals surface area contributed by atoms with Crippen LogP contribution in [0.1, 0.15) is 38.5 Å². The normalized spacial score (nSPS) is 12.1. The molecule has 0 aromatic carbocycles. The van der Waals surface area contributed by atoms with E-state index in [9.17, 15) is 9.59 Å². The lowest BCUT2D eigenvalue weighted by atomic mass is 10.1. The van der Waals surface area contributed by atoms with Gasteiger partial charge in [-0.05, 0) is 12.8 Å². The fourth-order valence-electron chi connectivity index (χ4n) is 1.36. The topological polar surface area (TPSA) is 92.4 Å². The zero-order chi connectivity index (χ0) is 13.1. The van der Waals surface area contributed by atoms with Crippen LogP contribution in [0.4, 0.5) is 0 Å². The third-order valence-corrected chi connectivity index (χ3v) is 2.79. The highest BCUT2D eigenvalue weighted by Crippen LogP contribution is 2.04. The van der Waals surface area contributed by atoms with Gasteiger partial charge >= 0.3 is 5.97 Å². The molecular weight excluding hydrogens is 240 g/mol. The fraction of sp³-hybridized carbons (Fsp3) is 0.818. The van der Waals surface area contributed by atoms with Crippen molar-refractivity contribution in [3.8, 4) is 0 Å². The van der Waals surface area contributed by atoms with Gasteiger partial charge in [-0.1, -0.05) is 19.3 Å². The van der Waals surface area contributed by atoms with E-state index in [1.54, 1.807) is 0 Å². The number of thiol groups is 1. The van der Waals surface area contributed by atoms with Crippen molar-refractivity contribution in [2.24, 2.45) is 5.73 Å². The number of carboxylic acids is 1. The van der Waals surface area contributed by atoms with Crippen LogP contribution in [0.15, 0.2) is 0 Å². The van der Waals surface area contributed by atoms with Crippen LogP contribution in [0.25, 0.3) is 0 Å². The van der Waals surface area contributed by atoms with Crippen LogP contribution in [0, 0.1) is 0 Å². The van der Waals surface area contributed by atoms with E-state index in [0.29, 0.717) is 12.3 Å². The molecule has 0 aliphatic rings. The van der Waals surface area contributed by atoms with E-state index in [-0.39, 0.29) is 12.3 Å². The van der Waals surface area contributed by atoms with Crippen LogP contribution in [0.3, 0.4) is 0 Å². The third kappa shape index (κ3) is 10.1. The van der Waals surface area contributed by atoms with Crippen LogP contribution in [0.5, 0.6) is 0 Å². The van der Waals surface area contributed by atoms with Crippen LogP contribution in [-0.4, -0.2) is 35.3 Å². The standard InChI is InChI=1S/C11H22N2O3S/c12-9(8-17)11(16)13-7-5-3-1-2-4-6-10(14)15/h9,17H,1-8,12H2,(H,13,16)(H,14,15). The number of carbonyl (C=O) groups is 2. The van der Waals surface area contributed by atoms with Crippen molar-refractivity contribution in [2.75, 3.05) is 12.3 Å². The molecule has 0 saturated heterocycles. The lowest BCUT2D eigenvalue weighted by Gasteiger charge is -2.09. The summed E-state index contributed by atoms with van der Waals surface area (Å²) in [6.45, 7) is 0.624. The molecule has 0 fully saturated rings. The van der Waals surface area contributed by atoms with Crippen molar-refractivity contribution < 1.29 is 14.7 Å². The molecule has 1 amide bonds. The highest BCUT2D eigenvalue weighted by molar-refractivity contribution is 7.80. The first kappa shape index (κ1) is 16.2. The number of nitrogens with two attached hydrogens (primary N) is 1. The molecule has 100 valence electrons. The van der Waals surface area contributed by atoms with Crippen molar-refractivity contribution in [1.82, 2.24) is 5.32 Å². The molecule has 4 N–H and O–H groups in total. The molecule has 0 saturated carbocycles. The second-order valence-electron chi connectivity index (χ2n) is 3.99. The highest BCUT2D eigenvalue weighted by Gasteiger charge is 2.09. The fourth-order valence-corrected chi connectivity index (χ4v) is 1.52. The van der Waals surface area contributed by atoms with Crippen LogP contribution < -0.4 is 11.1 Å². The van der Waals surface area contributed by atoms with Gasteiger partial charge in [-0.2, -0.15) is 12.6 Å². The van der Waals surface area contributed by atoms with E-state index in [1.165, 1.54) is 0 Å². The summed E-state index contributed by atoms with van der Waals surface area (Å²) >= 11 is 3.94. The van der Waals surface area contributed by atoms with Crippen LogP contribution in [-0.2, 0) is 9.59 Å². The molecule has 0 spiro atoms. The summed E-state index contributed by atoms with van der Waals surface area (Å²) in [5.74, 6) is -0.551. The van der Waals surface area contributed by atoms with Gasteiger partial charge in [0.25, 0.3) is 0 Å². The SMILES string of the molecule is NC(CS)C(=O)NCCCCCCCC(=O)O. The Balaban J connectivity index is 3.24. The van der Waals surface area contributed by atoms with Crippen molar-refractivity contribution in [1.29, 1.82) is 0 Å². The Labute approximate surface area is 108 Å². The number of amides is 1. The summed E-state index contributed by atoms with van der Waals surface area (Å²) in [5, 5.41) is 11.2. The maximum atomic E-state index is 11.2. The molecule has 0 aromatic rings. The number of rotatable bonds is 10. The second kappa shape index (κ2) is 10.4. The number of aliphatic carboxylic acids is 1. The number of nitrogens with one attached hydrogen (secondary N) is 1. The van der Waals surface area contributed by atoms with Gasteiger partial charge in [0.15, 0.2) is 0 Å². The lowest BCUT2D eigenvalue weighted by molar-refractivity contribution is -0.137. The molecule has 1 atom stereocenters. The van der Waals surface area contributed by atoms with Crippen molar-refractivity contribution >= 4 is 24.5 Å². The number of hydrogen-bond acceptors (Lipinski definition) is 4. The number of unbranched alkanes of at least 4 members (excludes halogenated alkanes) is 4. The average Bonchev–Trinajstić information content (AvgIpc) is 2.30. The van der Waals surface area contributed by atoms with Gasteiger partial charge in [0.05, 0.1) is 6.04 Å². The Morgan fingerprint density at radius 3 is 2.35 bits per heavy atom. The predicted octanol–water partition coefficient (Wildman–Crippen LogP) is 0.785. The van der Waals surface area contributed by atoms with Gasteiger partial charge in [-0.3, -0.25) is 9.59 Å². The molecular formula is C11H22N2O3S. The van der Waals surface area contributed by atoms with E-state index in [1.807, 2.05) is 0 Å². The first-order valence-electron chi connectivity index (χ1n) is 5.94. The second-order valence-corrected chi connectivity index (χ2v) is 4.36. The van der Waals surface area contributed by atoms with Crippen molar-refractivity contribution in [3.05, 3.63) is 0 Å². The molecule has 6 heteroatoms. The lowest BCUT2D eigenvalue weighted by Crippen LogP contribution is -2.42. The molecule has 0 heterocycles. The van der Waals surface area contributed by atoms with E-state index in [0.717, 1.165) is 32.1 Å². The van der Waals surface area contributed by atoms with Gasteiger partial charge < -0.3 is 16.2 Å². The van der Waals surface area contributed by atoms with Gasteiger partial charge in [-0.25, -0.2) is 0 Å². The quantitative estimate of drug-likeness (QED) is 0.346. The van der Waals surface area contributed by atoms with Crippen LogP contribution in [0.2, 0.25) is 0 Å². The van der Waals surface area contributed by atoms with Gasteiger partial charge in [0, 0.05) is 18.7 Å². The van der Waals surface area contributed by atoms with E-state index in [2.05, 4.69) is 17.9 Å². The Morgan fingerprint density at radius 1 is 1.18 bits per heavy atom. The number of hydrogen-bond donors (Lipinski definition) is 4. The zero-order valence-electron chi connectivity index (χ0n) is 10.0. The molecule has 17 heavy (non-hydrogen) atoms. The Hall–Kier alpha value is -0.750. The molecule has 0 aliphatic carbocycles. The van der Waals surface area contributed by atoms with E-state index in [4.69, 9.17) is 10.8 Å². The largest absolute Gasteiger partial charge is 0.481 e. The molecule has 0 rings (SSSR count). The van der Waals surface area contributed by atoms with Crippen LogP contribution >= 0.6 is 12.6 Å². The summed E-state index contributed by atoms with van der Waals surface area (Å²) in [6, 6.07) is -0.533. The summed E-state index contributed by atoms with van der Waals surface area (Å²) in [5.41, 5.74) is 5.48. The van der Waals surface area contributed by atoms with Gasteiger partial charge in [0.1, 0.15) is 0 Å². The summed E-state index contributed by atoms with van der Waals surface area (Å²) in [6.07, 6.45) is 4.80. The number of carbonyl (C=O) groups excluding carboxylic acids is 1. The Bertz CT molecular complexity index is 237. The average molecular weight is 262 g/mol. The van der Waals surface area contributed by atoms with E-state index < -0.39 is 12.0 Å². The van der Waals surface area contributed by atoms with Gasteiger partial charge in [-0.15, -0.1) is 0 Å². The minimum absolute atomic E-state index is 0.161. The first-order valence-corrected chi connectivity index (χ1v) is 6.57. The zero-order valence-corrected chi connectivity index (χ0v) is 10.9. The maximum Gasteiger partial charge on any atom is 0.303 e. The molecule has 0 bridgehead atoms. The maximum absolute atomic E-state index is 11.2. The smallest absolute Gasteiger partial charge is 0.303 e.